The molecule has 2 atom stereocenters. The van der Waals surface area contributed by atoms with E-state index in [4.69, 9.17) is 5.73 Å². The first-order chi connectivity index (χ1) is 13.6. The second-order valence-electron chi connectivity index (χ2n) is 9.20. The number of aryl methyl sites for hydroxylation is 1. The molecule has 4 aliphatic rings. The van der Waals surface area contributed by atoms with Crippen molar-refractivity contribution in [2.24, 2.45) is 29.4 Å². The summed E-state index contributed by atoms with van der Waals surface area (Å²) >= 11 is 1.75. The molecule has 1 aromatic rings. The van der Waals surface area contributed by atoms with E-state index in [9.17, 15) is 9.59 Å². The molecule has 3 nitrogen and oxygen atoms in total. The second kappa shape index (κ2) is 7.29. The van der Waals surface area contributed by atoms with Crippen molar-refractivity contribution in [2.75, 3.05) is 0 Å². The molecule has 2 unspecified atom stereocenters. The molecule has 1 heterocycles. The molecule has 28 heavy (non-hydrogen) atoms. The molecule has 0 spiro atoms. The van der Waals surface area contributed by atoms with Crippen LogP contribution in [0.3, 0.4) is 0 Å². The van der Waals surface area contributed by atoms with E-state index in [-0.39, 0.29) is 11.7 Å². The number of hydrogen-bond donors (Lipinski definition) is 1. The molecule has 0 saturated heterocycles. The standard InChI is InChI=1S/C24H29NO2S/c25-19-3-1-2-17(19)16-9-11-22-18(12-16)24(20(26)10-6-14-4-5-14)23(28-22)13-21(27)15-7-8-15/h1-3,14-17H,4-13,25H2. The quantitative estimate of drug-likeness (QED) is 0.645. The molecule has 0 aromatic carbocycles. The van der Waals surface area contributed by atoms with E-state index in [0.29, 0.717) is 30.5 Å². The van der Waals surface area contributed by atoms with E-state index in [1.54, 1.807) is 11.3 Å². The third-order valence-electron chi connectivity index (χ3n) is 6.99. The Hall–Kier alpha value is -1.68. The van der Waals surface area contributed by atoms with Crippen molar-refractivity contribution in [3.8, 4) is 0 Å². The Morgan fingerprint density at radius 1 is 1.14 bits per heavy atom. The minimum atomic E-state index is 0.259. The Morgan fingerprint density at radius 2 is 1.96 bits per heavy atom. The minimum absolute atomic E-state index is 0.259. The lowest BCUT2D eigenvalue weighted by Gasteiger charge is -2.28. The molecular formula is C24H29NO2S. The van der Waals surface area contributed by atoms with E-state index in [1.165, 1.54) is 23.3 Å². The van der Waals surface area contributed by atoms with Gasteiger partial charge in [0.15, 0.2) is 5.78 Å². The van der Waals surface area contributed by atoms with E-state index in [1.807, 2.05) is 6.08 Å². The Labute approximate surface area is 171 Å². The smallest absolute Gasteiger partial charge is 0.164 e. The number of nitrogens with two attached hydrogens (primary N) is 1. The summed E-state index contributed by atoms with van der Waals surface area (Å²) in [5.74, 6) is 2.43. The van der Waals surface area contributed by atoms with Crippen LogP contribution in [0.1, 0.15) is 70.6 Å². The van der Waals surface area contributed by atoms with Crippen LogP contribution in [0.4, 0.5) is 0 Å². The summed E-state index contributed by atoms with van der Waals surface area (Å²) in [5, 5.41) is 0. The summed E-state index contributed by atoms with van der Waals surface area (Å²) in [4.78, 5) is 28.2. The van der Waals surface area contributed by atoms with Gasteiger partial charge in [-0.1, -0.05) is 25.0 Å². The SMILES string of the molecule is NC1=CC=CC1C1CCc2sc(CC(=O)C3CC3)c(C(=O)CCC3CC3)c2C1. The second-order valence-corrected chi connectivity index (χ2v) is 10.4. The van der Waals surface area contributed by atoms with Gasteiger partial charge in [-0.15, -0.1) is 11.3 Å². The first kappa shape index (κ1) is 18.4. The summed E-state index contributed by atoms with van der Waals surface area (Å²) in [7, 11) is 0. The predicted molar refractivity (Wildman–Crippen MR) is 112 cm³/mol. The molecular weight excluding hydrogens is 366 g/mol. The summed E-state index contributed by atoms with van der Waals surface area (Å²) < 4.78 is 0. The molecule has 4 heteroatoms. The van der Waals surface area contributed by atoms with Gasteiger partial charge in [0.25, 0.3) is 0 Å². The lowest BCUT2D eigenvalue weighted by Crippen LogP contribution is -2.24. The molecule has 1 aromatic heterocycles. The molecule has 0 aliphatic heterocycles. The van der Waals surface area contributed by atoms with Crippen LogP contribution in [0, 0.1) is 23.7 Å². The van der Waals surface area contributed by atoms with Crippen molar-refractivity contribution >= 4 is 22.9 Å². The number of carbonyl (C=O) groups is 2. The molecule has 0 bridgehead atoms. The van der Waals surface area contributed by atoms with Crippen molar-refractivity contribution < 1.29 is 9.59 Å². The van der Waals surface area contributed by atoms with Crippen molar-refractivity contribution in [1.82, 2.24) is 0 Å². The fraction of sp³-hybridized carbons (Fsp3) is 0.583. The normalized spacial score (nSPS) is 26.2. The number of allylic oxidation sites excluding steroid dienone is 3. The fourth-order valence-corrected chi connectivity index (χ4v) is 6.31. The van der Waals surface area contributed by atoms with Crippen LogP contribution in [-0.4, -0.2) is 11.6 Å². The van der Waals surface area contributed by atoms with Crippen LogP contribution in [0.15, 0.2) is 23.9 Å². The Morgan fingerprint density at radius 3 is 2.64 bits per heavy atom. The van der Waals surface area contributed by atoms with E-state index in [2.05, 4.69) is 12.2 Å². The molecule has 2 fully saturated rings. The molecule has 2 N–H and O–H groups in total. The van der Waals surface area contributed by atoms with Gasteiger partial charge in [-0.3, -0.25) is 9.59 Å². The van der Waals surface area contributed by atoms with Gasteiger partial charge >= 0.3 is 0 Å². The summed E-state index contributed by atoms with van der Waals surface area (Å²) in [6, 6.07) is 0. The van der Waals surface area contributed by atoms with Crippen LogP contribution in [-0.2, 0) is 24.1 Å². The molecule has 0 amide bonds. The Kier molecular flexibility index (Phi) is 4.78. The summed E-state index contributed by atoms with van der Waals surface area (Å²) in [6.45, 7) is 0. The first-order valence-electron chi connectivity index (χ1n) is 10.9. The zero-order valence-corrected chi connectivity index (χ0v) is 17.2. The highest BCUT2D eigenvalue weighted by atomic mass is 32.1. The molecule has 148 valence electrons. The van der Waals surface area contributed by atoms with Gasteiger partial charge in [0, 0.05) is 45.7 Å². The maximum atomic E-state index is 13.2. The van der Waals surface area contributed by atoms with E-state index in [0.717, 1.165) is 60.6 Å². The summed E-state index contributed by atoms with van der Waals surface area (Å²) in [5.41, 5.74) is 9.36. The van der Waals surface area contributed by atoms with Gasteiger partial charge in [-0.05, 0) is 62.0 Å². The monoisotopic (exact) mass is 395 g/mol. The average molecular weight is 396 g/mol. The molecule has 4 aliphatic carbocycles. The van der Waals surface area contributed by atoms with Crippen molar-refractivity contribution in [2.45, 2.75) is 64.2 Å². The Bertz CT molecular complexity index is 869. The molecule has 0 radical (unpaired) electrons. The van der Waals surface area contributed by atoms with Crippen molar-refractivity contribution in [1.29, 1.82) is 0 Å². The fourth-order valence-electron chi connectivity index (χ4n) is 4.93. The number of carbonyl (C=O) groups excluding carboxylic acids is 2. The number of thiophene rings is 1. The largest absolute Gasteiger partial charge is 0.402 e. The first-order valence-corrected chi connectivity index (χ1v) is 11.7. The maximum Gasteiger partial charge on any atom is 0.164 e. The molecule has 2 saturated carbocycles. The van der Waals surface area contributed by atoms with Crippen LogP contribution >= 0.6 is 11.3 Å². The zero-order chi connectivity index (χ0) is 19.3. The van der Waals surface area contributed by atoms with E-state index >= 15 is 0 Å². The minimum Gasteiger partial charge on any atom is -0.402 e. The van der Waals surface area contributed by atoms with Crippen LogP contribution in [0.2, 0.25) is 0 Å². The lowest BCUT2D eigenvalue weighted by atomic mass is 9.77. The summed E-state index contributed by atoms with van der Waals surface area (Å²) in [6.07, 6.45) is 16.1. The van der Waals surface area contributed by atoms with Gasteiger partial charge in [0.1, 0.15) is 5.78 Å². The highest BCUT2D eigenvalue weighted by Crippen LogP contribution is 2.43. The van der Waals surface area contributed by atoms with Crippen LogP contribution < -0.4 is 5.73 Å². The highest BCUT2D eigenvalue weighted by Gasteiger charge is 2.36. The van der Waals surface area contributed by atoms with Gasteiger partial charge in [0.2, 0.25) is 0 Å². The van der Waals surface area contributed by atoms with Crippen molar-refractivity contribution in [3.05, 3.63) is 44.8 Å². The average Bonchev–Trinajstić information content (AvgIpc) is 3.60. The van der Waals surface area contributed by atoms with Gasteiger partial charge in [-0.2, -0.15) is 0 Å². The predicted octanol–water partition coefficient (Wildman–Crippen LogP) is 4.78. The Balaban J connectivity index is 1.42. The zero-order valence-electron chi connectivity index (χ0n) is 16.4. The number of rotatable bonds is 8. The van der Waals surface area contributed by atoms with E-state index < -0.39 is 0 Å². The third kappa shape index (κ3) is 3.63. The number of fused-ring (bicyclic) bond motifs is 1. The number of Topliss-reactive ketones (excluding diaryl/α,β-unsaturated/α-hetero) is 2. The van der Waals surface area contributed by atoms with Gasteiger partial charge < -0.3 is 5.73 Å². The maximum absolute atomic E-state index is 13.2. The number of ketones is 2. The lowest BCUT2D eigenvalue weighted by molar-refractivity contribution is -0.119. The van der Waals surface area contributed by atoms with Crippen LogP contribution in [0.5, 0.6) is 0 Å². The topological polar surface area (TPSA) is 60.2 Å². The van der Waals surface area contributed by atoms with Gasteiger partial charge in [-0.25, -0.2) is 0 Å². The van der Waals surface area contributed by atoms with Gasteiger partial charge in [0.05, 0.1) is 0 Å². The highest BCUT2D eigenvalue weighted by molar-refractivity contribution is 7.12. The third-order valence-corrected chi connectivity index (χ3v) is 8.29. The van der Waals surface area contributed by atoms with Crippen LogP contribution in [0.25, 0.3) is 0 Å². The van der Waals surface area contributed by atoms with Crippen molar-refractivity contribution in [3.63, 3.8) is 0 Å². The molecule has 5 rings (SSSR count). The number of hydrogen-bond acceptors (Lipinski definition) is 4.